The van der Waals surface area contributed by atoms with Crippen LogP contribution in [0.15, 0.2) is 18.2 Å². The number of carbonyl (C=O) groups is 1. The number of hydrogen-bond donors (Lipinski definition) is 3. The summed E-state index contributed by atoms with van der Waals surface area (Å²) >= 11 is 5.83. The van der Waals surface area contributed by atoms with Crippen LogP contribution in [0.3, 0.4) is 0 Å². The van der Waals surface area contributed by atoms with Gasteiger partial charge in [0.05, 0.1) is 0 Å². The van der Waals surface area contributed by atoms with E-state index in [0.29, 0.717) is 10.6 Å². The number of aryl methyl sites for hydroxylation is 1. The lowest BCUT2D eigenvalue weighted by Gasteiger charge is -2.16. The molecular weight excluding hydrogens is 218 g/mol. The van der Waals surface area contributed by atoms with Crippen LogP contribution in [-0.2, 0) is 4.79 Å². The van der Waals surface area contributed by atoms with Crippen LogP contribution in [0.5, 0.6) is 0 Å². The third-order valence-electron chi connectivity index (χ3n) is 2.10. The molecule has 0 aliphatic carbocycles. The van der Waals surface area contributed by atoms with Crippen molar-refractivity contribution in [3.63, 3.8) is 0 Å². The van der Waals surface area contributed by atoms with Gasteiger partial charge in [-0.05, 0) is 13.0 Å². The number of benzene rings is 1. The standard InChI is InChI=1S/C10H12ClNO3/c1-5-2-3-7(11)6(4-5)9(13)8(12)10(14)15/h2-4,8-9,13H,12H2,1H3,(H,14,15). The molecular formula is C10H12ClNO3. The first kappa shape index (κ1) is 12.0. The maximum atomic E-state index is 10.6. The summed E-state index contributed by atoms with van der Waals surface area (Å²) in [7, 11) is 0. The topological polar surface area (TPSA) is 83.5 Å². The largest absolute Gasteiger partial charge is 0.480 e. The van der Waals surface area contributed by atoms with Gasteiger partial charge in [0.15, 0.2) is 0 Å². The average Bonchev–Trinajstić information content (AvgIpc) is 2.19. The molecule has 1 aromatic carbocycles. The van der Waals surface area contributed by atoms with Crippen LogP contribution in [0.4, 0.5) is 0 Å². The summed E-state index contributed by atoms with van der Waals surface area (Å²) in [6.07, 6.45) is -1.30. The van der Waals surface area contributed by atoms with E-state index < -0.39 is 18.1 Å². The Labute approximate surface area is 92.3 Å². The molecule has 0 saturated carbocycles. The van der Waals surface area contributed by atoms with Crippen LogP contribution in [0.1, 0.15) is 17.2 Å². The number of aliphatic hydroxyl groups excluding tert-OH is 1. The fraction of sp³-hybridized carbons (Fsp3) is 0.300. The van der Waals surface area contributed by atoms with Crippen molar-refractivity contribution in [2.75, 3.05) is 0 Å². The van der Waals surface area contributed by atoms with Gasteiger partial charge in [0.25, 0.3) is 0 Å². The van der Waals surface area contributed by atoms with E-state index in [1.807, 2.05) is 6.92 Å². The van der Waals surface area contributed by atoms with Gasteiger partial charge in [-0.2, -0.15) is 0 Å². The predicted molar refractivity (Wildman–Crippen MR) is 56.8 cm³/mol. The Bertz CT molecular complexity index is 381. The molecule has 0 bridgehead atoms. The van der Waals surface area contributed by atoms with Crippen molar-refractivity contribution in [2.24, 2.45) is 5.73 Å². The lowest BCUT2D eigenvalue weighted by molar-refractivity contribution is -0.141. The van der Waals surface area contributed by atoms with Crippen LogP contribution >= 0.6 is 11.6 Å². The van der Waals surface area contributed by atoms with E-state index in [1.165, 1.54) is 0 Å². The molecule has 2 atom stereocenters. The number of halogens is 1. The number of aliphatic hydroxyl groups is 1. The average molecular weight is 230 g/mol. The van der Waals surface area contributed by atoms with Gasteiger partial charge in [0.2, 0.25) is 0 Å². The first-order valence-corrected chi connectivity index (χ1v) is 4.73. The lowest BCUT2D eigenvalue weighted by atomic mass is 10.0. The molecule has 4 N–H and O–H groups in total. The maximum Gasteiger partial charge on any atom is 0.323 e. The Balaban J connectivity index is 3.04. The van der Waals surface area contributed by atoms with Crippen molar-refractivity contribution >= 4 is 17.6 Å². The fourth-order valence-electron chi connectivity index (χ4n) is 1.22. The monoisotopic (exact) mass is 229 g/mol. The Kier molecular flexibility index (Phi) is 3.68. The Hall–Kier alpha value is -1.10. The molecule has 0 aliphatic rings. The zero-order valence-corrected chi connectivity index (χ0v) is 8.90. The van der Waals surface area contributed by atoms with E-state index in [2.05, 4.69) is 0 Å². The van der Waals surface area contributed by atoms with E-state index in [-0.39, 0.29) is 0 Å². The van der Waals surface area contributed by atoms with Crippen molar-refractivity contribution < 1.29 is 15.0 Å². The molecule has 0 amide bonds. The molecule has 15 heavy (non-hydrogen) atoms. The van der Waals surface area contributed by atoms with Gasteiger partial charge in [-0.25, -0.2) is 0 Å². The van der Waals surface area contributed by atoms with Crippen LogP contribution < -0.4 is 5.73 Å². The molecule has 0 fully saturated rings. The fourth-order valence-corrected chi connectivity index (χ4v) is 1.45. The minimum Gasteiger partial charge on any atom is -0.480 e. The second-order valence-corrected chi connectivity index (χ2v) is 3.74. The summed E-state index contributed by atoms with van der Waals surface area (Å²) in [5.74, 6) is -1.26. The first-order valence-electron chi connectivity index (χ1n) is 4.36. The number of carboxylic acid groups (broad SMARTS) is 1. The molecule has 2 unspecified atom stereocenters. The van der Waals surface area contributed by atoms with E-state index in [9.17, 15) is 9.90 Å². The second kappa shape index (κ2) is 4.61. The molecule has 0 spiro atoms. The van der Waals surface area contributed by atoms with Crippen molar-refractivity contribution in [1.82, 2.24) is 0 Å². The molecule has 4 nitrogen and oxygen atoms in total. The lowest BCUT2D eigenvalue weighted by Crippen LogP contribution is -2.36. The zero-order chi connectivity index (χ0) is 11.6. The van der Waals surface area contributed by atoms with Crippen molar-refractivity contribution in [1.29, 1.82) is 0 Å². The normalized spacial score (nSPS) is 14.7. The molecule has 0 heterocycles. The van der Waals surface area contributed by atoms with E-state index in [4.69, 9.17) is 22.4 Å². The van der Waals surface area contributed by atoms with E-state index >= 15 is 0 Å². The molecule has 0 aliphatic heterocycles. The number of rotatable bonds is 3. The Morgan fingerprint density at radius 3 is 2.67 bits per heavy atom. The highest BCUT2D eigenvalue weighted by Gasteiger charge is 2.25. The molecule has 82 valence electrons. The highest BCUT2D eigenvalue weighted by molar-refractivity contribution is 6.31. The summed E-state index contributed by atoms with van der Waals surface area (Å²) < 4.78 is 0. The molecule has 1 aromatic rings. The van der Waals surface area contributed by atoms with Crippen molar-refractivity contribution in [3.8, 4) is 0 Å². The van der Waals surface area contributed by atoms with E-state index in [0.717, 1.165) is 5.56 Å². The van der Waals surface area contributed by atoms with Crippen LogP contribution in [0, 0.1) is 6.92 Å². The highest BCUT2D eigenvalue weighted by atomic mass is 35.5. The summed E-state index contributed by atoms with van der Waals surface area (Å²) in [5, 5.41) is 18.6. The molecule has 0 saturated heterocycles. The predicted octanol–water partition coefficient (Wildman–Crippen LogP) is 1.09. The Morgan fingerprint density at radius 2 is 2.13 bits per heavy atom. The van der Waals surface area contributed by atoms with Crippen molar-refractivity contribution in [3.05, 3.63) is 34.3 Å². The summed E-state index contributed by atoms with van der Waals surface area (Å²) in [5.41, 5.74) is 6.52. The first-order chi connectivity index (χ1) is 6.93. The minimum atomic E-state index is -1.37. The zero-order valence-electron chi connectivity index (χ0n) is 8.14. The molecule has 1 rings (SSSR count). The van der Waals surface area contributed by atoms with Crippen molar-refractivity contribution in [2.45, 2.75) is 19.1 Å². The quantitative estimate of drug-likeness (QED) is 0.725. The number of aliphatic carboxylic acids is 1. The number of nitrogens with two attached hydrogens (primary N) is 1. The van der Waals surface area contributed by atoms with E-state index in [1.54, 1.807) is 18.2 Å². The second-order valence-electron chi connectivity index (χ2n) is 3.33. The minimum absolute atomic E-state index is 0.310. The molecule has 0 aromatic heterocycles. The van der Waals surface area contributed by atoms with Gasteiger partial charge in [-0.15, -0.1) is 0 Å². The van der Waals surface area contributed by atoms with Gasteiger partial charge in [0.1, 0.15) is 12.1 Å². The van der Waals surface area contributed by atoms with Gasteiger partial charge >= 0.3 is 5.97 Å². The van der Waals surface area contributed by atoms with Gasteiger partial charge in [0, 0.05) is 10.6 Å². The Morgan fingerprint density at radius 1 is 1.53 bits per heavy atom. The smallest absolute Gasteiger partial charge is 0.323 e. The maximum absolute atomic E-state index is 10.6. The number of carboxylic acids is 1. The molecule has 0 radical (unpaired) electrons. The molecule has 5 heteroatoms. The third-order valence-corrected chi connectivity index (χ3v) is 2.44. The summed E-state index contributed by atoms with van der Waals surface area (Å²) in [6.45, 7) is 1.82. The van der Waals surface area contributed by atoms with Gasteiger partial charge < -0.3 is 15.9 Å². The van der Waals surface area contributed by atoms with Crippen LogP contribution in [-0.4, -0.2) is 22.2 Å². The van der Waals surface area contributed by atoms with Crippen LogP contribution in [0.2, 0.25) is 5.02 Å². The van der Waals surface area contributed by atoms with Gasteiger partial charge in [-0.1, -0.05) is 29.3 Å². The summed E-state index contributed by atoms with van der Waals surface area (Å²) in [6, 6.07) is 3.62. The SMILES string of the molecule is Cc1ccc(Cl)c(C(O)C(N)C(=O)O)c1. The number of hydrogen-bond acceptors (Lipinski definition) is 3. The van der Waals surface area contributed by atoms with Gasteiger partial charge in [-0.3, -0.25) is 4.79 Å². The highest BCUT2D eigenvalue weighted by Crippen LogP contribution is 2.25. The summed E-state index contributed by atoms with van der Waals surface area (Å²) in [4.78, 5) is 10.6. The van der Waals surface area contributed by atoms with Crippen LogP contribution in [0.25, 0.3) is 0 Å². The third kappa shape index (κ3) is 2.68.